The third-order valence-electron chi connectivity index (χ3n) is 3.26. The smallest absolute Gasteiger partial charge is 0.135 e. The monoisotopic (exact) mass is 289 g/mol. The molecule has 0 aliphatic carbocycles. The Morgan fingerprint density at radius 2 is 1.67 bits per heavy atom. The number of aliphatic hydroxyl groups is 1. The van der Waals surface area contributed by atoms with Crippen molar-refractivity contribution in [2.75, 3.05) is 0 Å². The molecule has 2 nitrogen and oxygen atoms in total. The van der Waals surface area contributed by atoms with Crippen LogP contribution >= 0.6 is 0 Å². The second kappa shape index (κ2) is 5.18. The summed E-state index contributed by atoms with van der Waals surface area (Å²) in [6.07, 6.45) is 0.0504. The van der Waals surface area contributed by atoms with Crippen LogP contribution in [0, 0.1) is 17.5 Å². The van der Waals surface area contributed by atoms with Crippen LogP contribution in [-0.4, -0.2) is 10.1 Å². The van der Waals surface area contributed by atoms with Gasteiger partial charge in [-0.15, -0.1) is 0 Å². The van der Waals surface area contributed by atoms with Crippen LogP contribution in [0.1, 0.15) is 17.2 Å². The largest absolute Gasteiger partial charge is 0.383 e. The SMILES string of the molecule is OC(c1ccc2cccnc2c1)c1c(F)cc(F)cc1F. The molecule has 5 heteroatoms. The minimum atomic E-state index is -1.53. The van der Waals surface area contributed by atoms with Gasteiger partial charge in [-0.1, -0.05) is 18.2 Å². The first-order chi connectivity index (χ1) is 10.1. The molecule has 106 valence electrons. The molecule has 1 heterocycles. The zero-order chi connectivity index (χ0) is 15.0. The lowest BCUT2D eigenvalue weighted by Gasteiger charge is -2.14. The lowest BCUT2D eigenvalue weighted by Crippen LogP contribution is -2.06. The van der Waals surface area contributed by atoms with E-state index in [0.29, 0.717) is 17.6 Å². The Balaban J connectivity index is 2.10. The topological polar surface area (TPSA) is 33.1 Å². The minimum Gasteiger partial charge on any atom is -0.383 e. The Kier molecular flexibility index (Phi) is 3.35. The first kappa shape index (κ1) is 13.6. The summed E-state index contributed by atoms with van der Waals surface area (Å²) in [6.45, 7) is 0. The highest BCUT2D eigenvalue weighted by molar-refractivity contribution is 5.79. The molecule has 0 saturated carbocycles. The summed E-state index contributed by atoms with van der Waals surface area (Å²) in [5.74, 6) is -3.27. The fourth-order valence-corrected chi connectivity index (χ4v) is 2.23. The Morgan fingerprint density at radius 3 is 2.38 bits per heavy atom. The Hall–Kier alpha value is -2.40. The van der Waals surface area contributed by atoms with E-state index in [9.17, 15) is 18.3 Å². The lowest BCUT2D eigenvalue weighted by atomic mass is 9.99. The van der Waals surface area contributed by atoms with Gasteiger partial charge in [0.15, 0.2) is 0 Å². The van der Waals surface area contributed by atoms with Crippen LogP contribution < -0.4 is 0 Å². The van der Waals surface area contributed by atoms with Crippen LogP contribution in [0.25, 0.3) is 10.9 Å². The number of hydrogen-bond acceptors (Lipinski definition) is 2. The molecule has 21 heavy (non-hydrogen) atoms. The van der Waals surface area contributed by atoms with E-state index >= 15 is 0 Å². The highest BCUT2D eigenvalue weighted by Gasteiger charge is 2.21. The van der Waals surface area contributed by atoms with Gasteiger partial charge in [0.2, 0.25) is 0 Å². The summed E-state index contributed by atoms with van der Waals surface area (Å²) in [5.41, 5.74) is 0.300. The standard InChI is InChI=1S/C16H10F3NO/c17-11-7-12(18)15(13(19)8-11)16(21)10-4-3-9-2-1-5-20-14(9)6-10/h1-8,16,21H. The number of halogens is 3. The Labute approximate surface area is 118 Å². The molecule has 1 N–H and O–H groups in total. The second-order valence-corrected chi connectivity index (χ2v) is 4.64. The van der Waals surface area contributed by atoms with Gasteiger partial charge in [-0.05, 0) is 17.7 Å². The van der Waals surface area contributed by atoms with Crippen molar-refractivity contribution < 1.29 is 18.3 Å². The molecule has 3 aromatic rings. The number of pyridine rings is 1. The predicted molar refractivity (Wildman–Crippen MR) is 72.1 cm³/mol. The summed E-state index contributed by atoms with van der Waals surface area (Å²) >= 11 is 0. The van der Waals surface area contributed by atoms with Crippen molar-refractivity contribution in [1.29, 1.82) is 0 Å². The molecule has 0 spiro atoms. The fraction of sp³-hybridized carbons (Fsp3) is 0.0625. The molecule has 1 atom stereocenters. The van der Waals surface area contributed by atoms with Crippen LogP contribution in [0.2, 0.25) is 0 Å². The molecule has 0 aliphatic heterocycles. The van der Waals surface area contributed by atoms with Crippen molar-refractivity contribution >= 4 is 10.9 Å². The molecule has 0 amide bonds. The zero-order valence-electron chi connectivity index (χ0n) is 10.7. The van der Waals surface area contributed by atoms with E-state index in [-0.39, 0.29) is 5.56 Å². The third kappa shape index (κ3) is 2.48. The van der Waals surface area contributed by atoms with Gasteiger partial charge in [-0.25, -0.2) is 13.2 Å². The summed E-state index contributed by atoms with van der Waals surface area (Å²) < 4.78 is 40.3. The van der Waals surface area contributed by atoms with Crippen molar-refractivity contribution in [2.24, 2.45) is 0 Å². The van der Waals surface area contributed by atoms with Crippen LogP contribution in [0.15, 0.2) is 48.7 Å². The third-order valence-corrected chi connectivity index (χ3v) is 3.26. The Morgan fingerprint density at radius 1 is 0.952 bits per heavy atom. The summed E-state index contributed by atoms with van der Waals surface area (Å²) in [5, 5.41) is 11.0. The van der Waals surface area contributed by atoms with E-state index in [1.165, 1.54) is 0 Å². The minimum absolute atomic E-state index is 0.283. The van der Waals surface area contributed by atoms with E-state index in [4.69, 9.17) is 0 Å². The summed E-state index contributed by atoms with van der Waals surface area (Å²) in [6, 6.07) is 9.47. The predicted octanol–water partition coefficient (Wildman–Crippen LogP) is 3.73. The van der Waals surface area contributed by atoms with Gasteiger partial charge in [0.1, 0.15) is 23.6 Å². The second-order valence-electron chi connectivity index (χ2n) is 4.64. The van der Waals surface area contributed by atoms with E-state index in [1.54, 1.807) is 30.5 Å². The normalized spacial score (nSPS) is 12.6. The van der Waals surface area contributed by atoms with Gasteiger partial charge in [0, 0.05) is 23.7 Å². The number of nitrogens with zero attached hydrogens (tertiary/aromatic N) is 1. The van der Waals surface area contributed by atoms with Crippen LogP contribution in [0.3, 0.4) is 0 Å². The van der Waals surface area contributed by atoms with Crippen molar-refractivity contribution in [3.63, 3.8) is 0 Å². The number of fused-ring (bicyclic) bond motifs is 1. The van der Waals surface area contributed by atoms with Crippen LogP contribution in [0.5, 0.6) is 0 Å². The van der Waals surface area contributed by atoms with Gasteiger partial charge in [0.25, 0.3) is 0 Å². The van der Waals surface area contributed by atoms with Crippen molar-refractivity contribution in [1.82, 2.24) is 4.98 Å². The number of benzene rings is 2. The maximum Gasteiger partial charge on any atom is 0.135 e. The molecule has 0 bridgehead atoms. The number of rotatable bonds is 2. The average Bonchev–Trinajstić information content (AvgIpc) is 2.45. The van der Waals surface area contributed by atoms with Gasteiger partial charge in [-0.3, -0.25) is 4.98 Å². The molecule has 0 fully saturated rings. The summed E-state index contributed by atoms with van der Waals surface area (Å²) in [7, 11) is 0. The molecule has 0 aliphatic rings. The maximum absolute atomic E-state index is 13.7. The van der Waals surface area contributed by atoms with E-state index < -0.39 is 29.1 Å². The molecule has 1 aromatic heterocycles. The number of aromatic nitrogens is 1. The molecule has 3 rings (SSSR count). The number of hydrogen-bond donors (Lipinski definition) is 1. The zero-order valence-corrected chi connectivity index (χ0v) is 10.7. The van der Waals surface area contributed by atoms with Crippen LogP contribution in [0.4, 0.5) is 13.2 Å². The molecule has 0 saturated heterocycles. The van der Waals surface area contributed by atoms with E-state index in [1.807, 2.05) is 6.07 Å². The average molecular weight is 289 g/mol. The quantitative estimate of drug-likeness (QED) is 0.779. The van der Waals surface area contributed by atoms with Gasteiger partial charge < -0.3 is 5.11 Å². The lowest BCUT2D eigenvalue weighted by molar-refractivity contribution is 0.208. The van der Waals surface area contributed by atoms with Gasteiger partial charge >= 0.3 is 0 Å². The fourth-order valence-electron chi connectivity index (χ4n) is 2.23. The van der Waals surface area contributed by atoms with Crippen molar-refractivity contribution in [3.05, 3.63) is 77.2 Å². The van der Waals surface area contributed by atoms with Gasteiger partial charge in [-0.2, -0.15) is 0 Å². The summed E-state index contributed by atoms with van der Waals surface area (Å²) in [4.78, 5) is 4.12. The highest BCUT2D eigenvalue weighted by Crippen LogP contribution is 2.29. The van der Waals surface area contributed by atoms with Crippen molar-refractivity contribution in [2.45, 2.75) is 6.10 Å². The Bertz CT molecular complexity index is 796. The van der Waals surface area contributed by atoms with Crippen LogP contribution in [-0.2, 0) is 0 Å². The molecule has 0 radical (unpaired) electrons. The maximum atomic E-state index is 13.7. The van der Waals surface area contributed by atoms with E-state index in [2.05, 4.69) is 4.98 Å². The van der Waals surface area contributed by atoms with E-state index in [0.717, 1.165) is 5.39 Å². The first-order valence-corrected chi connectivity index (χ1v) is 6.23. The molecule has 1 unspecified atom stereocenters. The van der Waals surface area contributed by atoms with Crippen molar-refractivity contribution in [3.8, 4) is 0 Å². The van der Waals surface area contributed by atoms with Gasteiger partial charge in [0.05, 0.1) is 11.1 Å². The first-order valence-electron chi connectivity index (χ1n) is 6.23. The molecule has 2 aromatic carbocycles. The highest BCUT2D eigenvalue weighted by atomic mass is 19.1. The molecular formula is C16H10F3NO. The number of aliphatic hydroxyl groups excluding tert-OH is 1. The molecular weight excluding hydrogens is 279 g/mol.